The summed E-state index contributed by atoms with van der Waals surface area (Å²) in [5, 5.41) is 3.91. The van der Waals surface area contributed by atoms with Crippen molar-refractivity contribution in [2.24, 2.45) is 5.41 Å². The zero-order chi connectivity index (χ0) is 50.4. The number of hydrogen-bond acceptors (Lipinski definition) is 15. The van der Waals surface area contributed by atoms with Gasteiger partial charge in [-0.15, -0.1) is 5.10 Å². The van der Waals surface area contributed by atoms with Crippen molar-refractivity contribution < 1.29 is 47.7 Å². The van der Waals surface area contributed by atoms with E-state index >= 15 is 0 Å². The number of nitrogens with zero attached hydrogens (tertiary/aromatic N) is 11. The Labute approximate surface area is 388 Å². The maximum Gasteiger partial charge on any atom is 0.416 e. The van der Waals surface area contributed by atoms with E-state index in [0.717, 1.165) is 47.5 Å². The number of carbonyl (C=O) groups is 6. The third-order valence-corrected chi connectivity index (χ3v) is 9.43. The van der Waals surface area contributed by atoms with Gasteiger partial charge >= 0.3 is 30.4 Å². The van der Waals surface area contributed by atoms with Gasteiger partial charge in [-0.3, -0.25) is 9.78 Å². The SMILES string of the molecule is CN(C)C(=O)OC1=CC(=O)CC(C)(C)C1.Cc1cc(OC(=O)N(C)C)c2c(n1)CCCC2.Cc1cc(OC(=O)N(C)C)nn1C(=O)N(C)C.Cc1nc(N(C)C)nc(OC(=O)N(C)C)c1C. The summed E-state index contributed by atoms with van der Waals surface area (Å²) in [4.78, 5) is 90.3. The first-order valence-electron chi connectivity index (χ1n) is 21.1. The highest BCUT2D eigenvalue weighted by Crippen LogP contribution is 2.34. The fourth-order valence-electron chi connectivity index (χ4n) is 5.75. The minimum atomic E-state index is -0.535. The Hall–Kier alpha value is -6.80. The highest BCUT2D eigenvalue weighted by atomic mass is 16.6. The van der Waals surface area contributed by atoms with Gasteiger partial charge in [0.15, 0.2) is 5.78 Å². The van der Waals surface area contributed by atoms with E-state index in [2.05, 4.69) is 20.1 Å². The van der Waals surface area contributed by atoms with Crippen LogP contribution in [-0.4, -0.2) is 170 Å². The van der Waals surface area contributed by atoms with E-state index in [0.29, 0.717) is 41.9 Å². The number of aromatic nitrogens is 5. The van der Waals surface area contributed by atoms with Crippen LogP contribution in [0.25, 0.3) is 0 Å². The molecule has 0 saturated heterocycles. The second-order valence-electron chi connectivity index (χ2n) is 17.7. The molecule has 0 spiro atoms. The van der Waals surface area contributed by atoms with Gasteiger partial charge in [0.2, 0.25) is 17.7 Å². The average Bonchev–Trinajstić information content (AvgIpc) is 3.57. The van der Waals surface area contributed by atoms with Gasteiger partial charge in [0.1, 0.15) is 11.5 Å². The standard InChI is InChI=1S/C13H18N2O2.C11H18N4O2.C11H17NO3.C10H16N4O3/c1-9-8-12(17-13(16)15(2)3)10-6-4-5-7-11(10)14-9;1-7-8(2)12-10(14(3)4)13-9(7)17-11(16)15(5)6;1-11(2)6-8(13)5-9(7-11)15-10(14)12(3)4;1-7-6-8(17-10(16)13(4)5)11-14(7)9(15)12(2)3/h8H,4-7H2,1-3H3;1-6H3;5H,6-7H2,1-4H3;6H,1-5H3. The van der Waals surface area contributed by atoms with E-state index < -0.39 is 18.3 Å². The van der Waals surface area contributed by atoms with E-state index in [1.807, 2.05) is 54.8 Å². The molecule has 0 bridgehead atoms. The summed E-state index contributed by atoms with van der Waals surface area (Å²) in [6, 6.07) is 3.09. The smallest absolute Gasteiger partial charge is 0.415 e. The van der Waals surface area contributed by atoms with Crippen LogP contribution in [0.5, 0.6) is 17.5 Å². The van der Waals surface area contributed by atoms with Crippen molar-refractivity contribution in [1.82, 2.24) is 49.2 Å². The van der Waals surface area contributed by atoms with Gasteiger partial charge < -0.3 is 48.3 Å². The highest BCUT2D eigenvalue weighted by Gasteiger charge is 2.30. The summed E-state index contributed by atoms with van der Waals surface area (Å²) in [5.74, 6) is 2.11. The lowest BCUT2D eigenvalue weighted by atomic mass is 9.79. The average molecular weight is 924 g/mol. The summed E-state index contributed by atoms with van der Waals surface area (Å²) in [5.41, 5.74) is 5.16. The highest BCUT2D eigenvalue weighted by molar-refractivity contribution is 5.92. The molecule has 0 aromatic carbocycles. The number of aryl methyl sites for hydroxylation is 4. The van der Waals surface area contributed by atoms with E-state index in [1.54, 1.807) is 82.3 Å². The molecule has 364 valence electrons. The molecule has 0 N–H and O–H groups in total. The van der Waals surface area contributed by atoms with E-state index in [-0.39, 0.29) is 29.2 Å². The van der Waals surface area contributed by atoms with Crippen molar-refractivity contribution in [2.75, 3.05) is 89.5 Å². The van der Waals surface area contributed by atoms with Crippen molar-refractivity contribution >= 4 is 42.1 Å². The number of hydrogen-bond donors (Lipinski definition) is 0. The zero-order valence-corrected chi connectivity index (χ0v) is 42.0. The largest absolute Gasteiger partial charge is 0.416 e. The Morgan fingerprint density at radius 2 is 1.17 bits per heavy atom. The van der Waals surface area contributed by atoms with Crippen molar-refractivity contribution in [2.45, 2.75) is 80.1 Å². The molecule has 21 nitrogen and oxygen atoms in total. The maximum atomic E-state index is 11.7. The summed E-state index contributed by atoms with van der Waals surface area (Å²) in [7, 11) is 19.9. The first-order valence-corrected chi connectivity index (χ1v) is 21.1. The number of pyridine rings is 1. The van der Waals surface area contributed by atoms with Gasteiger partial charge in [-0.05, 0) is 58.8 Å². The second-order valence-corrected chi connectivity index (χ2v) is 17.7. The molecule has 21 heteroatoms. The molecule has 0 saturated carbocycles. The first-order chi connectivity index (χ1) is 30.5. The number of ketones is 1. The normalized spacial score (nSPS) is 13.2. The van der Waals surface area contributed by atoms with Gasteiger partial charge in [0, 0.05) is 144 Å². The molecule has 3 heterocycles. The van der Waals surface area contributed by atoms with Gasteiger partial charge in [-0.2, -0.15) is 9.67 Å². The third kappa shape index (κ3) is 17.3. The summed E-state index contributed by atoms with van der Waals surface area (Å²) >= 11 is 0. The monoisotopic (exact) mass is 924 g/mol. The summed E-state index contributed by atoms with van der Waals surface area (Å²) in [6.45, 7) is 11.3. The van der Waals surface area contributed by atoms with Crippen LogP contribution < -0.4 is 19.1 Å². The van der Waals surface area contributed by atoms with Crippen molar-refractivity contribution in [3.05, 3.63) is 57.9 Å². The van der Waals surface area contributed by atoms with Gasteiger partial charge in [0.05, 0.1) is 5.69 Å². The van der Waals surface area contributed by atoms with Gasteiger partial charge in [-0.25, -0.2) is 29.0 Å². The Kier molecular flexibility index (Phi) is 20.5. The van der Waals surface area contributed by atoms with E-state index in [1.165, 1.54) is 47.7 Å². The number of allylic oxidation sites excluding steroid dienone is 2. The van der Waals surface area contributed by atoms with Crippen LogP contribution in [-0.2, 0) is 22.4 Å². The summed E-state index contributed by atoms with van der Waals surface area (Å²) < 4.78 is 21.8. The molecule has 0 aliphatic heterocycles. The van der Waals surface area contributed by atoms with Crippen molar-refractivity contribution in [1.29, 1.82) is 0 Å². The van der Waals surface area contributed by atoms with Crippen molar-refractivity contribution in [3.8, 4) is 17.5 Å². The molecule has 3 aromatic heterocycles. The maximum absolute atomic E-state index is 11.7. The molecule has 3 aromatic rings. The lowest BCUT2D eigenvalue weighted by Gasteiger charge is -2.28. The number of rotatable bonds is 5. The molecule has 5 rings (SSSR count). The van der Waals surface area contributed by atoms with Crippen molar-refractivity contribution in [3.63, 3.8) is 0 Å². The first kappa shape index (κ1) is 55.3. The van der Waals surface area contributed by atoms with E-state index in [9.17, 15) is 28.8 Å². The lowest BCUT2D eigenvalue weighted by Crippen LogP contribution is -2.29. The fraction of sp³-hybridized carbons (Fsp3) is 0.556. The fourth-order valence-corrected chi connectivity index (χ4v) is 5.75. The number of ether oxygens (including phenoxy) is 4. The van der Waals surface area contributed by atoms with Gasteiger partial charge in [-0.1, -0.05) is 13.8 Å². The molecular weight excluding hydrogens is 855 g/mol. The van der Waals surface area contributed by atoms with Crippen LogP contribution in [0.4, 0.5) is 29.9 Å². The molecular formula is C45H69N11O10. The number of fused-ring (bicyclic) bond motifs is 1. The van der Waals surface area contributed by atoms with Crippen LogP contribution in [0.3, 0.4) is 0 Å². The number of anilines is 1. The van der Waals surface area contributed by atoms with Crippen LogP contribution in [0.2, 0.25) is 0 Å². The topological polar surface area (TPSA) is 215 Å². The Morgan fingerprint density at radius 1 is 0.636 bits per heavy atom. The molecule has 0 fully saturated rings. The Balaban J connectivity index is 0.000000303. The quantitative estimate of drug-likeness (QED) is 0.275. The second kappa shape index (κ2) is 24.5. The lowest BCUT2D eigenvalue weighted by molar-refractivity contribution is -0.117. The van der Waals surface area contributed by atoms with Crippen LogP contribution >= 0.6 is 0 Å². The summed E-state index contributed by atoms with van der Waals surface area (Å²) in [6.07, 6.45) is 5.07. The Morgan fingerprint density at radius 3 is 1.70 bits per heavy atom. The minimum Gasteiger partial charge on any atom is -0.415 e. The molecule has 66 heavy (non-hydrogen) atoms. The molecule has 0 atom stereocenters. The molecule has 2 aliphatic rings. The minimum absolute atomic E-state index is 0.0211. The van der Waals surface area contributed by atoms with E-state index in [4.69, 9.17) is 18.9 Å². The molecule has 0 radical (unpaired) electrons. The number of carbonyl (C=O) groups excluding carboxylic acids is 6. The van der Waals surface area contributed by atoms with Crippen LogP contribution in [0.15, 0.2) is 24.0 Å². The number of amides is 5. The molecule has 0 unspecified atom stereocenters. The molecule has 2 aliphatic carbocycles. The van der Waals surface area contributed by atoms with Gasteiger partial charge in [0.25, 0.3) is 0 Å². The predicted octanol–water partition coefficient (Wildman–Crippen LogP) is 6.29. The van der Waals surface area contributed by atoms with Crippen LogP contribution in [0.1, 0.15) is 73.4 Å². The molecule has 5 amide bonds. The zero-order valence-electron chi connectivity index (χ0n) is 42.0. The third-order valence-electron chi connectivity index (χ3n) is 9.43. The predicted molar refractivity (Wildman–Crippen MR) is 248 cm³/mol. The Bertz CT molecular complexity index is 2250. The van der Waals surface area contributed by atoms with Crippen LogP contribution in [0, 0.1) is 33.1 Å².